The minimum atomic E-state index is -0.468. The quantitative estimate of drug-likeness (QED) is 0.783. The Labute approximate surface area is 184 Å². The van der Waals surface area contributed by atoms with Gasteiger partial charge in [-0.15, -0.1) is 0 Å². The lowest BCUT2D eigenvalue weighted by molar-refractivity contribution is 0.00789. The zero-order valence-electron chi connectivity index (χ0n) is 18.8. The van der Waals surface area contributed by atoms with Gasteiger partial charge in [-0.05, 0) is 71.0 Å². The van der Waals surface area contributed by atoms with Gasteiger partial charge < -0.3 is 15.4 Å². The molecule has 31 heavy (non-hydrogen) atoms. The number of rotatable bonds is 5. The molecule has 0 atom stereocenters. The largest absolute Gasteiger partial charge is 0.444 e. The van der Waals surface area contributed by atoms with Gasteiger partial charge in [-0.3, -0.25) is 9.67 Å². The van der Waals surface area contributed by atoms with Crippen molar-refractivity contribution in [2.45, 2.75) is 69.9 Å². The molecule has 3 aliphatic rings. The van der Waals surface area contributed by atoms with E-state index in [1.807, 2.05) is 20.8 Å². The van der Waals surface area contributed by atoms with E-state index in [-0.39, 0.29) is 12.0 Å². The molecule has 2 aliphatic carbocycles. The van der Waals surface area contributed by atoms with Gasteiger partial charge in [0.05, 0.1) is 17.4 Å². The molecule has 0 bridgehead atoms. The Hall–Kier alpha value is -2.41. The van der Waals surface area contributed by atoms with Crippen LogP contribution in [0.4, 0.5) is 4.79 Å². The van der Waals surface area contributed by atoms with E-state index >= 15 is 0 Å². The topological polar surface area (TPSA) is 86.3 Å². The maximum Gasteiger partial charge on any atom is 0.410 e. The van der Waals surface area contributed by atoms with Crippen molar-refractivity contribution < 1.29 is 9.53 Å². The molecule has 2 aromatic rings. The van der Waals surface area contributed by atoms with Crippen molar-refractivity contribution in [1.82, 2.24) is 19.7 Å². The summed E-state index contributed by atoms with van der Waals surface area (Å²) < 4.78 is 7.64. The van der Waals surface area contributed by atoms with Crippen LogP contribution in [0.1, 0.15) is 75.7 Å². The minimum Gasteiger partial charge on any atom is -0.444 e. The normalized spacial score (nSPS) is 23.9. The van der Waals surface area contributed by atoms with E-state index in [1.54, 1.807) is 4.90 Å². The molecule has 2 aromatic heterocycles. The molecule has 1 saturated heterocycles. The monoisotopic (exact) mass is 423 g/mol. The first kappa shape index (κ1) is 20.5. The molecule has 0 radical (unpaired) electrons. The van der Waals surface area contributed by atoms with Crippen molar-refractivity contribution in [3.05, 3.63) is 35.8 Å². The number of amides is 1. The summed E-state index contributed by atoms with van der Waals surface area (Å²) in [5, 5.41) is 4.98. The van der Waals surface area contributed by atoms with Crippen LogP contribution >= 0.6 is 0 Å². The van der Waals surface area contributed by atoms with Crippen LogP contribution in [0.5, 0.6) is 0 Å². The Morgan fingerprint density at radius 1 is 1.19 bits per heavy atom. The van der Waals surface area contributed by atoms with Crippen LogP contribution in [-0.2, 0) is 4.74 Å². The van der Waals surface area contributed by atoms with E-state index in [2.05, 4.69) is 29.1 Å². The van der Waals surface area contributed by atoms with Crippen LogP contribution in [0, 0.1) is 5.92 Å². The number of carbonyl (C=O) groups excluding carboxylic acids is 1. The molecular formula is C24H33N5O2. The van der Waals surface area contributed by atoms with Crippen LogP contribution < -0.4 is 5.73 Å². The highest BCUT2D eigenvalue weighted by Crippen LogP contribution is 2.45. The summed E-state index contributed by atoms with van der Waals surface area (Å²) in [7, 11) is 0. The Kier molecular flexibility index (Phi) is 5.04. The van der Waals surface area contributed by atoms with Gasteiger partial charge in [0.25, 0.3) is 0 Å². The third kappa shape index (κ3) is 4.20. The van der Waals surface area contributed by atoms with E-state index in [0.29, 0.717) is 31.0 Å². The summed E-state index contributed by atoms with van der Waals surface area (Å²) in [4.78, 5) is 19.0. The number of hydrogen-bond donors (Lipinski definition) is 1. The molecule has 166 valence electrons. The molecular weight excluding hydrogens is 390 g/mol. The van der Waals surface area contributed by atoms with Crippen molar-refractivity contribution >= 4 is 6.09 Å². The molecule has 2 N–H and O–H groups in total. The lowest BCUT2D eigenvalue weighted by Crippen LogP contribution is -2.50. The summed E-state index contributed by atoms with van der Waals surface area (Å²) >= 11 is 0. The molecule has 0 aromatic carbocycles. The van der Waals surface area contributed by atoms with E-state index in [9.17, 15) is 4.79 Å². The fourth-order valence-corrected chi connectivity index (χ4v) is 4.53. The zero-order valence-corrected chi connectivity index (χ0v) is 18.8. The molecule has 2 saturated carbocycles. The fraction of sp³-hybridized carbons (Fsp3) is 0.625. The van der Waals surface area contributed by atoms with E-state index in [4.69, 9.17) is 20.6 Å². The summed E-state index contributed by atoms with van der Waals surface area (Å²) in [5.41, 5.74) is 9.75. The van der Waals surface area contributed by atoms with E-state index in [0.717, 1.165) is 30.8 Å². The maximum atomic E-state index is 12.2. The molecule has 3 heterocycles. The Balaban J connectivity index is 1.31. The van der Waals surface area contributed by atoms with Gasteiger partial charge in [-0.2, -0.15) is 5.10 Å². The van der Waals surface area contributed by atoms with Crippen molar-refractivity contribution in [2.75, 3.05) is 19.6 Å². The van der Waals surface area contributed by atoms with E-state index < -0.39 is 5.60 Å². The highest BCUT2D eigenvalue weighted by Gasteiger charge is 2.37. The van der Waals surface area contributed by atoms with Gasteiger partial charge in [0.2, 0.25) is 0 Å². The molecule has 3 fully saturated rings. The smallest absolute Gasteiger partial charge is 0.410 e. The van der Waals surface area contributed by atoms with Gasteiger partial charge in [-0.1, -0.05) is 6.07 Å². The highest BCUT2D eigenvalue weighted by molar-refractivity contribution is 5.69. The molecule has 5 rings (SSSR count). The zero-order chi connectivity index (χ0) is 21.8. The van der Waals surface area contributed by atoms with Crippen LogP contribution in [-0.4, -0.2) is 51.0 Å². The SMILES string of the molecule is CC(C)(C)OC(=O)N1CC(c2cccc(-c3cn([C@H]4C[C@H](CN)C4)nc3C3CC3)n2)C1. The lowest BCUT2D eigenvalue weighted by atomic mass is 9.80. The van der Waals surface area contributed by atoms with Crippen LogP contribution in [0.2, 0.25) is 0 Å². The Bertz CT molecular complexity index is 963. The molecule has 1 aliphatic heterocycles. The van der Waals surface area contributed by atoms with Gasteiger partial charge in [0.15, 0.2) is 0 Å². The number of carbonyl (C=O) groups is 1. The first-order chi connectivity index (χ1) is 14.8. The first-order valence-corrected chi connectivity index (χ1v) is 11.5. The predicted octanol–water partition coefficient (Wildman–Crippen LogP) is 4.07. The summed E-state index contributed by atoms with van der Waals surface area (Å²) in [6, 6.07) is 6.71. The second kappa shape index (κ2) is 7.62. The van der Waals surface area contributed by atoms with Crippen LogP contribution in [0.15, 0.2) is 24.4 Å². The van der Waals surface area contributed by atoms with Crippen LogP contribution in [0.25, 0.3) is 11.3 Å². The summed E-state index contributed by atoms with van der Waals surface area (Å²) in [5.74, 6) is 1.46. The number of pyridine rings is 1. The molecule has 0 spiro atoms. The lowest BCUT2D eigenvalue weighted by Gasteiger charge is -2.39. The van der Waals surface area contributed by atoms with Gasteiger partial charge in [0.1, 0.15) is 5.60 Å². The van der Waals surface area contributed by atoms with Crippen LogP contribution in [0.3, 0.4) is 0 Å². The number of nitrogens with two attached hydrogens (primary N) is 1. The standard InChI is InChI=1S/C24H33N5O2/c1-24(2,3)31-23(30)28-12-17(13-28)20-5-4-6-21(26-20)19-14-29(18-9-15(10-18)11-25)27-22(19)16-7-8-16/h4-6,14-18H,7-13,25H2,1-3H3/t15-,18-. The Morgan fingerprint density at radius 2 is 1.94 bits per heavy atom. The van der Waals surface area contributed by atoms with Crippen molar-refractivity contribution in [2.24, 2.45) is 11.7 Å². The molecule has 7 heteroatoms. The van der Waals surface area contributed by atoms with Gasteiger partial charge in [-0.25, -0.2) is 4.79 Å². The fourth-order valence-electron chi connectivity index (χ4n) is 4.53. The number of likely N-dealkylation sites (tertiary alicyclic amines) is 1. The predicted molar refractivity (Wildman–Crippen MR) is 119 cm³/mol. The average molecular weight is 424 g/mol. The van der Waals surface area contributed by atoms with E-state index in [1.165, 1.54) is 24.1 Å². The number of aromatic nitrogens is 3. The third-order valence-corrected chi connectivity index (χ3v) is 6.64. The number of nitrogens with zero attached hydrogens (tertiary/aromatic N) is 4. The first-order valence-electron chi connectivity index (χ1n) is 11.5. The molecule has 0 unspecified atom stereocenters. The molecule has 7 nitrogen and oxygen atoms in total. The summed E-state index contributed by atoms with van der Waals surface area (Å²) in [6.45, 7) is 7.76. The highest BCUT2D eigenvalue weighted by atomic mass is 16.6. The number of ether oxygens (including phenoxy) is 1. The van der Waals surface area contributed by atoms with Crippen molar-refractivity contribution in [1.29, 1.82) is 0 Å². The van der Waals surface area contributed by atoms with Gasteiger partial charge >= 0.3 is 6.09 Å². The summed E-state index contributed by atoms with van der Waals surface area (Å²) in [6.07, 6.45) is 6.63. The molecule has 1 amide bonds. The number of hydrogen-bond acceptors (Lipinski definition) is 5. The second-order valence-electron chi connectivity index (χ2n) is 10.4. The van der Waals surface area contributed by atoms with Gasteiger partial charge in [0, 0.05) is 42.4 Å². The second-order valence-corrected chi connectivity index (χ2v) is 10.4. The minimum absolute atomic E-state index is 0.242. The Morgan fingerprint density at radius 3 is 2.58 bits per heavy atom. The maximum absolute atomic E-state index is 12.2. The third-order valence-electron chi connectivity index (χ3n) is 6.64. The van der Waals surface area contributed by atoms with Crippen molar-refractivity contribution in [3.63, 3.8) is 0 Å². The van der Waals surface area contributed by atoms with Crippen molar-refractivity contribution in [3.8, 4) is 11.3 Å². The average Bonchev–Trinajstić information content (AvgIpc) is 3.38.